The van der Waals surface area contributed by atoms with E-state index in [0.29, 0.717) is 0 Å². The summed E-state index contributed by atoms with van der Waals surface area (Å²) >= 11 is 6.46. The monoisotopic (exact) mass is 273 g/mol. The van der Waals surface area contributed by atoms with E-state index in [9.17, 15) is 0 Å². The molecule has 100 valence electrons. The van der Waals surface area contributed by atoms with Gasteiger partial charge in [-0.3, -0.25) is 0 Å². The molecule has 0 aliphatic carbocycles. The fraction of sp³-hybridized carbons (Fsp3) is 0.294. The van der Waals surface area contributed by atoms with Gasteiger partial charge >= 0.3 is 0 Å². The zero-order valence-corrected chi connectivity index (χ0v) is 12.7. The second kappa shape index (κ2) is 5.77. The molecule has 0 radical (unpaired) electrons. The third-order valence-electron chi connectivity index (χ3n) is 3.40. The number of halogens is 1. The van der Waals surface area contributed by atoms with Crippen LogP contribution in [0, 0.1) is 20.8 Å². The van der Waals surface area contributed by atoms with Gasteiger partial charge in [-0.1, -0.05) is 59.1 Å². The molecule has 0 spiro atoms. The molecule has 1 N–H and O–H groups in total. The molecule has 2 aromatic rings. The fourth-order valence-corrected chi connectivity index (χ4v) is 2.81. The SMILES string of the molecule is CNC(c1cc(C)cc(C)c1)c1cccc(C)c1Cl. The lowest BCUT2D eigenvalue weighted by molar-refractivity contribution is 0.690. The number of hydrogen-bond donors (Lipinski definition) is 1. The highest BCUT2D eigenvalue weighted by atomic mass is 35.5. The van der Waals surface area contributed by atoms with E-state index in [1.807, 2.05) is 20.0 Å². The van der Waals surface area contributed by atoms with Crippen molar-refractivity contribution in [3.63, 3.8) is 0 Å². The van der Waals surface area contributed by atoms with Gasteiger partial charge in [0.25, 0.3) is 0 Å². The van der Waals surface area contributed by atoms with Crippen LogP contribution in [-0.2, 0) is 0 Å². The van der Waals surface area contributed by atoms with E-state index in [4.69, 9.17) is 11.6 Å². The Bertz CT molecular complexity index is 570. The summed E-state index contributed by atoms with van der Waals surface area (Å²) in [5.41, 5.74) is 6.06. The van der Waals surface area contributed by atoms with Crippen molar-refractivity contribution in [2.75, 3.05) is 7.05 Å². The normalized spacial score (nSPS) is 12.5. The fourth-order valence-electron chi connectivity index (χ4n) is 2.57. The molecule has 1 atom stereocenters. The molecule has 0 bridgehead atoms. The predicted octanol–water partition coefficient (Wildman–Crippen LogP) is 4.57. The quantitative estimate of drug-likeness (QED) is 0.863. The Kier molecular flexibility index (Phi) is 4.28. The molecule has 19 heavy (non-hydrogen) atoms. The molecule has 2 heteroatoms. The Labute approximate surface area is 120 Å². The molecule has 0 saturated heterocycles. The maximum atomic E-state index is 6.46. The highest BCUT2D eigenvalue weighted by molar-refractivity contribution is 6.32. The molecular weight excluding hydrogens is 254 g/mol. The van der Waals surface area contributed by atoms with Crippen molar-refractivity contribution in [1.82, 2.24) is 5.32 Å². The van der Waals surface area contributed by atoms with Crippen molar-refractivity contribution in [2.45, 2.75) is 26.8 Å². The molecule has 1 unspecified atom stereocenters. The average molecular weight is 274 g/mol. The maximum Gasteiger partial charge on any atom is 0.0589 e. The first kappa shape index (κ1) is 14.1. The number of aryl methyl sites for hydroxylation is 3. The van der Waals surface area contributed by atoms with Gasteiger partial charge in [0.2, 0.25) is 0 Å². The summed E-state index contributed by atoms with van der Waals surface area (Å²) in [5, 5.41) is 4.22. The van der Waals surface area contributed by atoms with Crippen molar-refractivity contribution in [1.29, 1.82) is 0 Å². The Hall–Kier alpha value is -1.31. The summed E-state index contributed by atoms with van der Waals surface area (Å²) in [4.78, 5) is 0. The Morgan fingerprint density at radius 3 is 2.21 bits per heavy atom. The summed E-state index contributed by atoms with van der Waals surface area (Å²) in [6.07, 6.45) is 0. The van der Waals surface area contributed by atoms with Crippen LogP contribution in [0.5, 0.6) is 0 Å². The Morgan fingerprint density at radius 2 is 1.63 bits per heavy atom. The number of nitrogens with one attached hydrogen (secondary N) is 1. The molecule has 0 aliphatic heterocycles. The lowest BCUT2D eigenvalue weighted by Gasteiger charge is -2.20. The van der Waals surface area contributed by atoms with Crippen LogP contribution in [0.1, 0.15) is 33.9 Å². The second-order valence-corrected chi connectivity index (χ2v) is 5.50. The first-order valence-corrected chi connectivity index (χ1v) is 6.91. The van der Waals surface area contributed by atoms with Gasteiger partial charge in [-0.2, -0.15) is 0 Å². The number of rotatable bonds is 3. The molecule has 1 nitrogen and oxygen atoms in total. The standard InChI is InChI=1S/C17H20ClN/c1-11-8-12(2)10-14(9-11)17(19-4)15-7-5-6-13(3)16(15)18/h5-10,17,19H,1-4H3. The van der Waals surface area contributed by atoms with Gasteiger partial charge in [-0.15, -0.1) is 0 Å². The van der Waals surface area contributed by atoms with Crippen LogP contribution in [0.15, 0.2) is 36.4 Å². The lowest BCUT2D eigenvalue weighted by atomic mass is 9.95. The van der Waals surface area contributed by atoms with E-state index in [1.54, 1.807) is 0 Å². The van der Waals surface area contributed by atoms with Gasteiger partial charge in [0.15, 0.2) is 0 Å². The van der Waals surface area contributed by atoms with Gasteiger partial charge in [0.05, 0.1) is 6.04 Å². The number of benzene rings is 2. The summed E-state index contributed by atoms with van der Waals surface area (Å²) in [6.45, 7) is 6.29. The lowest BCUT2D eigenvalue weighted by Crippen LogP contribution is -2.18. The average Bonchev–Trinajstić information content (AvgIpc) is 2.34. The Balaban J connectivity index is 2.53. The highest BCUT2D eigenvalue weighted by Crippen LogP contribution is 2.31. The molecular formula is C17H20ClN. The summed E-state index contributed by atoms with van der Waals surface area (Å²) in [6, 6.07) is 12.9. The molecule has 2 aromatic carbocycles. The first-order chi connectivity index (χ1) is 9.02. The van der Waals surface area contributed by atoms with E-state index in [2.05, 4.69) is 49.5 Å². The van der Waals surface area contributed by atoms with E-state index >= 15 is 0 Å². The van der Waals surface area contributed by atoms with E-state index in [-0.39, 0.29) is 6.04 Å². The van der Waals surface area contributed by atoms with Crippen LogP contribution in [0.3, 0.4) is 0 Å². The third kappa shape index (κ3) is 2.99. The van der Waals surface area contributed by atoms with Gasteiger partial charge in [-0.25, -0.2) is 0 Å². The van der Waals surface area contributed by atoms with Crippen LogP contribution in [0.2, 0.25) is 5.02 Å². The minimum Gasteiger partial charge on any atom is -0.309 e. The van der Waals surface area contributed by atoms with Gasteiger partial charge in [-0.05, 0) is 44.5 Å². The summed E-state index contributed by atoms with van der Waals surface area (Å²) < 4.78 is 0. The smallest absolute Gasteiger partial charge is 0.0589 e. The van der Waals surface area contributed by atoms with Crippen molar-refractivity contribution >= 4 is 11.6 Å². The molecule has 0 aliphatic rings. The topological polar surface area (TPSA) is 12.0 Å². The molecule has 0 saturated carbocycles. The molecule has 0 amide bonds. The molecule has 0 heterocycles. The van der Waals surface area contributed by atoms with Crippen molar-refractivity contribution < 1.29 is 0 Å². The van der Waals surface area contributed by atoms with Crippen molar-refractivity contribution in [2.24, 2.45) is 0 Å². The number of hydrogen-bond acceptors (Lipinski definition) is 1. The van der Waals surface area contributed by atoms with Gasteiger partial charge in [0.1, 0.15) is 0 Å². The van der Waals surface area contributed by atoms with Crippen LogP contribution in [0.4, 0.5) is 0 Å². The second-order valence-electron chi connectivity index (χ2n) is 5.12. The molecule has 2 rings (SSSR count). The minimum absolute atomic E-state index is 0.131. The van der Waals surface area contributed by atoms with Crippen LogP contribution in [-0.4, -0.2) is 7.05 Å². The van der Waals surface area contributed by atoms with Crippen LogP contribution >= 0.6 is 11.6 Å². The maximum absolute atomic E-state index is 6.46. The summed E-state index contributed by atoms with van der Waals surface area (Å²) in [5.74, 6) is 0. The van der Waals surface area contributed by atoms with Crippen LogP contribution < -0.4 is 5.32 Å². The van der Waals surface area contributed by atoms with Crippen molar-refractivity contribution in [3.05, 3.63) is 69.2 Å². The van der Waals surface area contributed by atoms with E-state index in [0.717, 1.165) is 16.1 Å². The van der Waals surface area contributed by atoms with Crippen molar-refractivity contribution in [3.8, 4) is 0 Å². The molecule has 0 aromatic heterocycles. The third-order valence-corrected chi connectivity index (χ3v) is 3.92. The van der Waals surface area contributed by atoms with E-state index < -0.39 is 0 Å². The van der Waals surface area contributed by atoms with E-state index in [1.165, 1.54) is 16.7 Å². The van der Waals surface area contributed by atoms with Gasteiger partial charge in [0, 0.05) is 5.02 Å². The first-order valence-electron chi connectivity index (χ1n) is 6.53. The zero-order valence-electron chi connectivity index (χ0n) is 11.9. The highest BCUT2D eigenvalue weighted by Gasteiger charge is 2.16. The summed E-state index contributed by atoms with van der Waals surface area (Å²) in [7, 11) is 1.97. The molecule has 0 fully saturated rings. The Morgan fingerprint density at radius 1 is 1.00 bits per heavy atom. The van der Waals surface area contributed by atoms with Crippen LogP contribution in [0.25, 0.3) is 0 Å². The largest absolute Gasteiger partial charge is 0.309 e. The zero-order chi connectivity index (χ0) is 14.0. The predicted molar refractivity (Wildman–Crippen MR) is 83.0 cm³/mol. The minimum atomic E-state index is 0.131. The van der Waals surface area contributed by atoms with Gasteiger partial charge < -0.3 is 5.32 Å².